The number of rotatable bonds is 3. The van der Waals surface area contributed by atoms with E-state index in [2.05, 4.69) is 0 Å². The second-order valence-corrected chi connectivity index (χ2v) is 12.6. The minimum absolute atomic E-state index is 0.146. The number of ether oxygens (including phenoxy) is 1. The summed E-state index contributed by atoms with van der Waals surface area (Å²) in [6, 6.07) is 0. The van der Waals surface area contributed by atoms with E-state index in [-0.39, 0.29) is 5.04 Å². The van der Waals surface area contributed by atoms with E-state index >= 15 is 0 Å². The van der Waals surface area contributed by atoms with E-state index in [4.69, 9.17) is 14.9 Å². The van der Waals surface area contributed by atoms with Crippen LogP contribution in [0.25, 0.3) is 0 Å². The Morgan fingerprint density at radius 1 is 0.900 bits per heavy atom. The molecule has 0 aliphatic rings. The standard InChI is InChI=1S/C14H29NO4Si/c1-12(2,3)18-10(16)14(7,15)11(17)19-20(8,9)13(4,5)6/h15H2,1-9H3/t14-/m1/s1. The van der Waals surface area contributed by atoms with Gasteiger partial charge in [0, 0.05) is 0 Å². The van der Waals surface area contributed by atoms with Crippen LogP contribution in [0.3, 0.4) is 0 Å². The largest absolute Gasteiger partial charge is 0.517 e. The maximum atomic E-state index is 12.2. The van der Waals surface area contributed by atoms with Crippen LogP contribution in [0.1, 0.15) is 48.5 Å². The zero-order valence-electron chi connectivity index (χ0n) is 14.2. The van der Waals surface area contributed by atoms with E-state index in [1.165, 1.54) is 6.92 Å². The Labute approximate surface area is 123 Å². The fourth-order valence-corrected chi connectivity index (χ4v) is 1.94. The highest BCUT2D eigenvalue weighted by Crippen LogP contribution is 2.37. The predicted octanol–water partition coefficient (Wildman–Crippen LogP) is 2.59. The molecule has 0 fully saturated rings. The molecule has 0 aromatic rings. The Morgan fingerprint density at radius 2 is 1.30 bits per heavy atom. The molecule has 0 rings (SSSR count). The van der Waals surface area contributed by atoms with E-state index in [0.717, 1.165) is 0 Å². The molecular weight excluding hydrogens is 274 g/mol. The van der Waals surface area contributed by atoms with E-state index < -0.39 is 31.4 Å². The molecule has 0 amide bonds. The first-order valence-corrected chi connectivity index (χ1v) is 9.67. The molecular formula is C14H29NO4Si. The molecule has 5 nitrogen and oxygen atoms in total. The second kappa shape index (κ2) is 5.48. The van der Waals surface area contributed by atoms with Gasteiger partial charge in [0.1, 0.15) is 5.60 Å². The van der Waals surface area contributed by atoms with Gasteiger partial charge >= 0.3 is 11.9 Å². The fraction of sp³-hybridized carbons (Fsp3) is 0.857. The SMILES string of the molecule is CC(C)(C)OC(=O)[C@@](C)(N)C(=O)O[Si](C)(C)C(C)(C)C. The molecule has 0 saturated carbocycles. The molecule has 0 radical (unpaired) electrons. The van der Waals surface area contributed by atoms with Crippen LogP contribution in [0.5, 0.6) is 0 Å². The summed E-state index contributed by atoms with van der Waals surface area (Å²) in [5.41, 5.74) is 3.35. The van der Waals surface area contributed by atoms with Crippen molar-refractivity contribution in [3.8, 4) is 0 Å². The molecule has 0 spiro atoms. The van der Waals surface area contributed by atoms with Crippen molar-refractivity contribution < 1.29 is 18.8 Å². The van der Waals surface area contributed by atoms with Crippen LogP contribution in [0, 0.1) is 0 Å². The van der Waals surface area contributed by atoms with Crippen molar-refractivity contribution in [2.75, 3.05) is 0 Å². The molecule has 0 heterocycles. The average molecular weight is 303 g/mol. The Hall–Kier alpha value is -0.883. The molecule has 0 aromatic carbocycles. The van der Waals surface area contributed by atoms with Crippen LogP contribution in [0.15, 0.2) is 0 Å². The minimum Gasteiger partial charge on any atom is -0.517 e. The van der Waals surface area contributed by atoms with Crippen LogP contribution in [0.2, 0.25) is 18.1 Å². The number of hydrogen-bond acceptors (Lipinski definition) is 5. The summed E-state index contributed by atoms with van der Waals surface area (Å²) < 4.78 is 10.8. The summed E-state index contributed by atoms with van der Waals surface area (Å²) in [7, 11) is -2.32. The molecule has 0 aromatic heterocycles. The number of hydrogen-bond donors (Lipinski definition) is 1. The lowest BCUT2D eigenvalue weighted by Crippen LogP contribution is -2.58. The monoisotopic (exact) mass is 303 g/mol. The number of carbonyl (C=O) groups excluding carboxylic acids is 2. The molecule has 0 unspecified atom stereocenters. The van der Waals surface area contributed by atoms with Crippen LogP contribution < -0.4 is 5.73 Å². The summed E-state index contributed by atoms with van der Waals surface area (Å²) in [5, 5.41) is -0.146. The van der Waals surface area contributed by atoms with Gasteiger partial charge in [0.05, 0.1) is 0 Å². The topological polar surface area (TPSA) is 78.6 Å². The average Bonchev–Trinajstić information content (AvgIpc) is 2.11. The smallest absolute Gasteiger partial charge is 0.338 e. The summed E-state index contributed by atoms with van der Waals surface area (Å²) in [6.45, 7) is 16.4. The maximum Gasteiger partial charge on any atom is 0.338 e. The molecule has 2 N–H and O–H groups in total. The number of esters is 1. The first-order valence-electron chi connectivity index (χ1n) is 6.76. The van der Waals surface area contributed by atoms with E-state index in [1.807, 2.05) is 33.9 Å². The Balaban J connectivity index is 5.06. The first kappa shape index (κ1) is 19.1. The molecule has 0 saturated heterocycles. The van der Waals surface area contributed by atoms with Gasteiger partial charge < -0.3 is 14.9 Å². The molecule has 0 aliphatic carbocycles. The van der Waals surface area contributed by atoms with Crippen LogP contribution in [-0.2, 0) is 18.8 Å². The lowest BCUT2D eigenvalue weighted by atomic mass is 10.0. The second-order valence-electron chi connectivity index (χ2n) is 7.85. The van der Waals surface area contributed by atoms with Gasteiger partial charge in [-0.25, -0.2) is 4.79 Å². The van der Waals surface area contributed by atoms with Crippen molar-refractivity contribution in [2.24, 2.45) is 5.73 Å². The summed E-state index contributed by atoms with van der Waals surface area (Å²) >= 11 is 0. The molecule has 1 atom stereocenters. The summed E-state index contributed by atoms with van der Waals surface area (Å²) in [5.74, 6) is -1.49. The van der Waals surface area contributed by atoms with Crippen molar-refractivity contribution in [1.82, 2.24) is 0 Å². The van der Waals surface area contributed by atoms with Gasteiger partial charge in [-0.1, -0.05) is 20.8 Å². The van der Waals surface area contributed by atoms with Gasteiger partial charge in [-0.2, -0.15) is 0 Å². The van der Waals surface area contributed by atoms with Crippen molar-refractivity contribution in [3.05, 3.63) is 0 Å². The Morgan fingerprint density at radius 3 is 1.60 bits per heavy atom. The van der Waals surface area contributed by atoms with Gasteiger partial charge in [0.25, 0.3) is 8.32 Å². The number of carbonyl (C=O) groups is 2. The fourth-order valence-electron chi connectivity index (χ4n) is 0.958. The molecule has 118 valence electrons. The van der Waals surface area contributed by atoms with Gasteiger partial charge in [-0.3, -0.25) is 4.79 Å². The van der Waals surface area contributed by atoms with Crippen molar-refractivity contribution in [1.29, 1.82) is 0 Å². The third-order valence-electron chi connectivity index (χ3n) is 3.40. The highest BCUT2D eigenvalue weighted by molar-refractivity contribution is 6.75. The van der Waals surface area contributed by atoms with Crippen LogP contribution in [0.4, 0.5) is 0 Å². The molecule has 0 bridgehead atoms. The summed E-state index contributed by atoms with van der Waals surface area (Å²) in [4.78, 5) is 24.3. The van der Waals surface area contributed by atoms with Gasteiger partial charge in [0.15, 0.2) is 0 Å². The molecule has 0 aliphatic heterocycles. The van der Waals surface area contributed by atoms with E-state index in [0.29, 0.717) is 0 Å². The normalized spacial score (nSPS) is 16.3. The third-order valence-corrected chi connectivity index (χ3v) is 7.71. The van der Waals surface area contributed by atoms with Gasteiger partial charge in [-0.15, -0.1) is 0 Å². The highest BCUT2D eigenvalue weighted by Gasteiger charge is 2.48. The van der Waals surface area contributed by atoms with Crippen molar-refractivity contribution in [3.63, 3.8) is 0 Å². The van der Waals surface area contributed by atoms with Crippen molar-refractivity contribution >= 4 is 20.3 Å². The first-order chi connectivity index (χ1) is 8.51. The number of nitrogens with two attached hydrogens (primary N) is 1. The molecule has 6 heteroatoms. The lowest BCUT2D eigenvalue weighted by Gasteiger charge is -2.37. The van der Waals surface area contributed by atoms with Crippen molar-refractivity contribution in [2.45, 2.75) is 77.7 Å². The minimum atomic E-state index is -2.32. The zero-order chi connectivity index (χ0) is 16.6. The van der Waals surface area contributed by atoms with Gasteiger partial charge in [0.2, 0.25) is 5.54 Å². The van der Waals surface area contributed by atoms with Gasteiger partial charge in [-0.05, 0) is 45.8 Å². The Bertz CT molecular complexity index is 389. The molecule has 20 heavy (non-hydrogen) atoms. The van der Waals surface area contributed by atoms with Crippen LogP contribution >= 0.6 is 0 Å². The quantitative estimate of drug-likeness (QED) is 0.492. The Kier molecular flexibility index (Phi) is 5.24. The highest BCUT2D eigenvalue weighted by atomic mass is 28.4. The zero-order valence-corrected chi connectivity index (χ0v) is 15.2. The predicted molar refractivity (Wildman–Crippen MR) is 81.7 cm³/mol. The lowest BCUT2D eigenvalue weighted by molar-refractivity contribution is -0.167. The van der Waals surface area contributed by atoms with E-state index in [1.54, 1.807) is 20.8 Å². The third kappa shape index (κ3) is 4.90. The summed E-state index contributed by atoms with van der Waals surface area (Å²) in [6.07, 6.45) is 0. The van der Waals surface area contributed by atoms with Crippen LogP contribution in [-0.4, -0.2) is 31.4 Å². The maximum absolute atomic E-state index is 12.2. The van der Waals surface area contributed by atoms with E-state index in [9.17, 15) is 9.59 Å².